The minimum Gasteiger partial charge on any atom is -0.486 e. The number of likely N-dealkylation sites (tertiary alicyclic amines) is 1. The molecule has 0 N–H and O–H groups in total. The molecule has 1 amide bonds. The average Bonchev–Trinajstić information content (AvgIpc) is 3.42. The number of aryl methyl sites for hydroxylation is 2. The van der Waals surface area contributed by atoms with Crippen molar-refractivity contribution in [2.24, 2.45) is 7.05 Å². The summed E-state index contributed by atoms with van der Waals surface area (Å²) in [4.78, 5) is 30.5. The predicted octanol–water partition coefficient (Wildman–Crippen LogP) is 3.55. The number of amides is 1. The van der Waals surface area contributed by atoms with Gasteiger partial charge in [-0.1, -0.05) is 0 Å². The van der Waals surface area contributed by atoms with Crippen molar-refractivity contribution in [1.82, 2.24) is 19.7 Å². The Kier molecular flexibility index (Phi) is 5.49. The Bertz CT molecular complexity index is 1230. The Labute approximate surface area is 193 Å². The first kappa shape index (κ1) is 21.4. The van der Waals surface area contributed by atoms with Gasteiger partial charge in [-0.25, -0.2) is 4.98 Å². The van der Waals surface area contributed by atoms with Crippen LogP contribution < -0.4 is 9.47 Å². The van der Waals surface area contributed by atoms with E-state index in [-0.39, 0.29) is 28.9 Å². The topological polar surface area (TPSA) is 113 Å². The number of carbonyl (C=O) groups excluding carboxylic acids is 1. The number of nitrogens with zero attached hydrogens (tertiary/aromatic N) is 5. The van der Waals surface area contributed by atoms with Crippen LogP contribution in [0.3, 0.4) is 0 Å². The maximum Gasteiger partial charge on any atom is 0.322 e. The molecule has 1 saturated heterocycles. The molecular formula is C22H23N5O5S. The monoisotopic (exact) mass is 469 g/mol. The third-order valence-electron chi connectivity index (χ3n) is 6.07. The van der Waals surface area contributed by atoms with E-state index < -0.39 is 4.92 Å². The molecular weight excluding hydrogens is 446 g/mol. The van der Waals surface area contributed by atoms with Gasteiger partial charge < -0.3 is 14.4 Å². The summed E-state index contributed by atoms with van der Waals surface area (Å²) in [6, 6.07) is 5.85. The van der Waals surface area contributed by atoms with E-state index in [9.17, 15) is 14.9 Å². The van der Waals surface area contributed by atoms with Crippen LogP contribution in [0.15, 0.2) is 23.6 Å². The molecule has 2 aliphatic heterocycles. The molecule has 0 unspecified atom stereocenters. The second kappa shape index (κ2) is 8.47. The highest BCUT2D eigenvalue weighted by Gasteiger charge is 2.34. The summed E-state index contributed by atoms with van der Waals surface area (Å²) >= 11 is 1.62. The van der Waals surface area contributed by atoms with Gasteiger partial charge in [0.2, 0.25) is 5.69 Å². The quantitative estimate of drug-likeness (QED) is 0.424. The van der Waals surface area contributed by atoms with Gasteiger partial charge in [-0.15, -0.1) is 11.3 Å². The molecule has 2 aliphatic rings. The molecule has 3 aromatic rings. The fraction of sp³-hybridized carbons (Fsp3) is 0.409. The van der Waals surface area contributed by atoms with Crippen molar-refractivity contribution >= 4 is 22.9 Å². The fourth-order valence-corrected chi connectivity index (χ4v) is 5.40. The van der Waals surface area contributed by atoms with Gasteiger partial charge in [0, 0.05) is 37.0 Å². The van der Waals surface area contributed by atoms with E-state index in [4.69, 9.17) is 14.5 Å². The molecule has 0 radical (unpaired) electrons. The minimum atomic E-state index is -0.530. The lowest BCUT2D eigenvalue weighted by Crippen LogP contribution is -2.39. The van der Waals surface area contributed by atoms with E-state index in [1.165, 1.54) is 4.68 Å². The van der Waals surface area contributed by atoms with Crippen LogP contribution in [0.4, 0.5) is 5.69 Å². The first-order valence-electron chi connectivity index (χ1n) is 10.7. The van der Waals surface area contributed by atoms with E-state index in [0.717, 1.165) is 40.6 Å². The van der Waals surface area contributed by atoms with E-state index in [1.54, 1.807) is 30.2 Å². The van der Waals surface area contributed by atoms with Crippen LogP contribution >= 0.6 is 11.3 Å². The number of hydrogen-bond donors (Lipinski definition) is 0. The van der Waals surface area contributed by atoms with Gasteiger partial charge in [-0.3, -0.25) is 19.6 Å². The Morgan fingerprint density at radius 3 is 2.67 bits per heavy atom. The van der Waals surface area contributed by atoms with Gasteiger partial charge in [0.05, 0.1) is 15.6 Å². The summed E-state index contributed by atoms with van der Waals surface area (Å²) in [5.74, 6) is 1.38. The molecule has 11 heteroatoms. The van der Waals surface area contributed by atoms with Crippen LogP contribution in [-0.4, -0.2) is 56.8 Å². The lowest BCUT2D eigenvalue weighted by molar-refractivity contribution is -0.385. The second-order valence-corrected chi connectivity index (χ2v) is 9.05. The van der Waals surface area contributed by atoms with Crippen molar-refractivity contribution in [3.8, 4) is 22.8 Å². The number of carbonyl (C=O) groups is 1. The maximum absolute atomic E-state index is 13.0. The van der Waals surface area contributed by atoms with E-state index in [2.05, 4.69) is 5.10 Å². The number of piperidine rings is 1. The zero-order chi connectivity index (χ0) is 23.1. The zero-order valence-corrected chi connectivity index (χ0v) is 19.1. The van der Waals surface area contributed by atoms with Gasteiger partial charge in [-0.2, -0.15) is 5.10 Å². The van der Waals surface area contributed by atoms with Crippen molar-refractivity contribution < 1.29 is 19.2 Å². The summed E-state index contributed by atoms with van der Waals surface area (Å²) in [6.07, 6.45) is 1.51. The first-order valence-corrected chi connectivity index (χ1v) is 11.6. The molecule has 0 bridgehead atoms. The Morgan fingerprint density at radius 1 is 1.21 bits per heavy atom. The van der Waals surface area contributed by atoms with Crippen LogP contribution in [0.2, 0.25) is 0 Å². The van der Waals surface area contributed by atoms with Gasteiger partial charge in [-0.05, 0) is 38.0 Å². The molecule has 1 aromatic carbocycles. The molecule has 33 heavy (non-hydrogen) atoms. The van der Waals surface area contributed by atoms with Crippen LogP contribution in [-0.2, 0) is 7.05 Å². The largest absolute Gasteiger partial charge is 0.486 e. The minimum absolute atomic E-state index is 0.0334. The van der Waals surface area contributed by atoms with Gasteiger partial charge in [0.15, 0.2) is 11.5 Å². The van der Waals surface area contributed by atoms with E-state index in [1.807, 2.05) is 23.6 Å². The highest BCUT2D eigenvalue weighted by Crippen LogP contribution is 2.37. The van der Waals surface area contributed by atoms with Gasteiger partial charge in [0.1, 0.15) is 18.9 Å². The number of ether oxygens (including phenoxy) is 2. The summed E-state index contributed by atoms with van der Waals surface area (Å²) in [7, 11) is 1.56. The number of nitro groups is 1. The number of thiazole rings is 1. The number of fused-ring (bicyclic) bond motifs is 1. The van der Waals surface area contributed by atoms with Crippen molar-refractivity contribution in [3.63, 3.8) is 0 Å². The zero-order valence-electron chi connectivity index (χ0n) is 18.3. The number of hydrogen-bond acceptors (Lipinski definition) is 8. The molecule has 10 nitrogen and oxygen atoms in total. The number of benzene rings is 1. The third-order valence-corrected chi connectivity index (χ3v) is 7.07. The smallest absolute Gasteiger partial charge is 0.322 e. The van der Waals surface area contributed by atoms with Crippen LogP contribution in [0, 0.1) is 17.0 Å². The SMILES string of the molecule is Cc1nn(C)c(C(=O)N2CCC(c3nc(-c4ccc5c(c4)OCCO5)cs3)CC2)c1[N+](=O)[O-]. The Hall–Kier alpha value is -3.47. The highest BCUT2D eigenvalue weighted by atomic mass is 32.1. The average molecular weight is 470 g/mol. The summed E-state index contributed by atoms with van der Waals surface area (Å²) in [6.45, 7) is 3.68. The molecule has 4 heterocycles. The van der Waals surface area contributed by atoms with Crippen LogP contribution in [0.25, 0.3) is 11.3 Å². The molecule has 5 rings (SSSR count). The van der Waals surface area contributed by atoms with Crippen molar-refractivity contribution in [2.45, 2.75) is 25.7 Å². The molecule has 2 aromatic heterocycles. The van der Waals surface area contributed by atoms with Crippen molar-refractivity contribution in [3.05, 3.63) is 50.1 Å². The normalized spacial score (nSPS) is 16.1. The van der Waals surface area contributed by atoms with Gasteiger partial charge >= 0.3 is 5.69 Å². The summed E-state index contributed by atoms with van der Waals surface area (Å²) in [5.41, 5.74) is 1.94. The Balaban J connectivity index is 1.28. The van der Waals surface area contributed by atoms with E-state index in [0.29, 0.717) is 26.3 Å². The first-order chi connectivity index (χ1) is 15.9. The predicted molar refractivity (Wildman–Crippen MR) is 121 cm³/mol. The molecule has 0 saturated carbocycles. The molecule has 172 valence electrons. The number of aromatic nitrogens is 3. The highest BCUT2D eigenvalue weighted by molar-refractivity contribution is 7.10. The molecule has 0 spiro atoms. The second-order valence-electron chi connectivity index (χ2n) is 8.16. The fourth-order valence-electron chi connectivity index (χ4n) is 4.39. The van der Waals surface area contributed by atoms with E-state index >= 15 is 0 Å². The van der Waals surface area contributed by atoms with Crippen molar-refractivity contribution in [1.29, 1.82) is 0 Å². The number of rotatable bonds is 4. The maximum atomic E-state index is 13.0. The third kappa shape index (κ3) is 3.92. The molecule has 1 fully saturated rings. The van der Waals surface area contributed by atoms with Gasteiger partial charge in [0.25, 0.3) is 5.91 Å². The van der Waals surface area contributed by atoms with Crippen molar-refractivity contribution in [2.75, 3.05) is 26.3 Å². The van der Waals surface area contributed by atoms with Crippen LogP contribution in [0.1, 0.15) is 39.9 Å². The van der Waals surface area contributed by atoms with Crippen LogP contribution in [0.5, 0.6) is 11.5 Å². The lowest BCUT2D eigenvalue weighted by Gasteiger charge is -2.30. The Morgan fingerprint density at radius 2 is 1.94 bits per heavy atom. The lowest BCUT2D eigenvalue weighted by atomic mass is 9.97. The standard InChI is InChI=1S/C22H23N5O5S/c1-13-19(27(29)30)20(25(2)24-13)22(28)26-7-5-14(6-8-26)21-23-16(12-33-21)15-3-4-17-18(11-15)32-10-9-31-17/h3-4,11-12,14H,5-10H2,1-2H3. The summed E-state index contributed by atoms with van der Waals surface area (Å²) in [5, 5.41) is 18.6. The molecule has 0 atom stereocenters. The molecule has 0 aliphatic carbocycles. The summed E-state index contributed by atoms with van der Waals surface area (Å²) < 4.78 is 12.6.